The van der Waals surface area contributed by atoms with Crippen molar-refractivity contribution < 1.29 is 24.2 Å². The van der Waals surface area contributed by atoms with Crippen molar-refractivity contribution in [3.05, 3.63) is 12.7 Å². The predicted molar refractivity (Wildman–Crippen MR) is 155 cm³/mol. The third-order valence-corrected chi connectivity index (χ3v) is 12.9. The van der Waals surface area contributed by atoms with E-state index in [1.807, 2.05) is 40.7 Å². The number of esters is 1. The van der Waals surface area contributed by atoms with E-state index in [0.29, 0.717) is 25.2 Å². The van der Waals surface area contributed by atoms with E-state index in [9.17, 15) is 19.5 Å². The molecule has 2 spiro atoms. The van der Waals surface area contributed by atoms with E-state index in [1.165, 1.54) is 11.8 Å². The largest absolute Gasteiger partial charge is 0.461 e. The number of carbonyl (C=O) groups is 3. The summed E-state index contributed by atoms with van der Waals surface area (Å²) < 4.78 is 5.96. The van der Waals surface area contributed by atoms with Crippen LogP contribution in [0.15, 0.2) is 12.7 Å². The normalized spacial score (nSPS) is 43.7. The molecule has 0 saturated heterocycles. The first kappa shape index (κ1) is 30.6. The number of nitrogens with two attached hydrogens (primary N) is 1. The van der Waals surface area contributed by atoms with Crippen LogP contribution in [0, 0.1) is 45.3 Å². The first-order chi connectivity index (χ1) is 17.9. The minimum absolute atomic E-state index is 0.0317. The van der Waals surface area contributed by atoms with Crippen molar-refractivity contribution in [2.24, 2.45) is 51.1 Å². The fourth-order valence-electron chi connectivity index (χ4n) is 9.04. The number of aliphatic hydroxyl groups excluding tert-OH is 1. The Kier molecular flexibility index (Phi) is 7.74. The number of ketones is 1. The molecule has 4 aliphatic rings. The molecule has 0 aromatic heterocycles. The Morgan fingerprint density at radius 2 is 1.92 bits per heavy atom. The van der Waals surface area contributed by atoms with Crippen LogP contribution < -0.4 is 11.1 Å². The number of aliphatic hydroxyl groups is 1. The minimum Gasteiger partial charge on any atom is -0.461 e. The lowest BCUT2D eigenvalue weighted by molar-refractivity contribution is -0.168. The summed E-state index contributed by atoms with van der Waals surface area (Å²) >= 11 is 1.44. The van der Waals surface area contributed by atoms with Crippen molar-refractivity contribution in [2.75, 3.05) is 12.3 Å². The van der Waals surface area contributed by atoms with Crippen LogP contribution in [0.25, 0.3) is 0 Å². The quantitative estimate of drug-likeness (QED) is 0.286. The molecule has 4 aliphatic carbocycles. The maximum Gasteiger partial charge on any atom is 0.316 e. The van der Waals surface area contributed by atoms with Crippen molar-refractivity contribution in [2.45, 2.75) is 104 Å². The lowest BCUT2D eigenvalue weighted by Gasteiger charge is -2.51. The van der Waals surface area contributed by atoms with Crippen LogP contribution in [-0.4, -0.2) is 58.1 Å². The third kappa shape index (κ3) is 4.34. The molecule has 4 rings (SSSR count). The van der Waals surface area contributed by atoms with Gasteiger partial charge in [-0.15, -0.1) is 18.3 Å². The smallest absolute Gasteiger partial charge is 0.316 e. The van der Waals surface area contributed by atoms with Gasteiger partial charge in [-0.3, -0.25) is 14.4 Å². The van der Waals surface area contributed by atoms with E-state index in [1.54, 1.807) is 0 Å². The number of ether oxygens (including phenoxy) is 1. The first-order valence-electron chi connectivity index (χ1n) is 14.7. The summed E-state index contributed by atoms with van der Waals surface area (Å²) in [6.45, 7) is 20.8. The summed E-state index contributed by atoms with van der Waals surface area (Å²) in [6, 6.07) is -0.568. The van der Waals surface area contributed by atoms with E-state index in [0.717, 1.165) is 12.8 Å². The maximum absolute atomic E-state index is 13.4. The Hall–Kier alpha value is -1.38. The fraction of sp³-hybridized carbons (Fsp3) is 0.839. The summed E-state index contributed by atoms with van der Waals surface area (Å²) in [5.41, 5.74) is 4.33. The summed E-state index contributed by atoms with van der Waals surface area (Å²) in [6.07, 6.45) is 3.39. The molecular weight excluding hydrogens is 512 g/mol. The topological polar surface area (TPSA) is 119 Å². The number of thioether (sulfide) groups is 1. The highest BCUT2D eigenvalue weighted by Gasteiger charge is 2.92. The third-order valence-electron chi connectivity index (χ3n) is 11.6. The molecule has 4 fully saturated rings. The average molecular weight is 563 g/mol. The summed E-state index contributed by atoms with van der Waals surface area (Å²) in [5, 5.41) is 14.6. The molecule has 10 atom stereocenters. The van der Waals surface area contributed by atoms with E-state index >= 15 is 0 Å². The predicted octanol–water partition coefficient (Wildman–Crippen LogP) is 4.11. The number of amides is 1. The molecule has 0 bridgehead atoms. The monoisotopic (exact) mass is 562 g/mol. The SMILES string of the molecule is C=C[C@]1(C)C[C@@H](OC(=O)CSC(C)(C)CNC(=O)[C@H](N)C(C)C)[C@]2(C)C(C)CC34C(=O)CC[C@@]3([C@@H](C)[C@@H]1O)[C@@H]42. The molecule has 2 unspecified atom stereocenters. The standard InChI is InChI=1S/C31H50N2O5S/c1-10-28(8)14-21(38-22(35)15-39-27(6,7)16-33-25(37)23(32)17(2)3)29(9)18(4)13-31-20(34)11-12-30(31,26(29)31)19(5)24(28)36/h10,17-19,21,23-24,26,36H,1,11-16,32H2,2-9H3,(H,33,37)/t18?,19-,21+,23+,24-,26-,28+,29-,30+,31?/m0/s1. The molecule has 0 aliphatic heterocycles. The molecule has 4 saturated carbocycles. The number of Topliss-reactive ketones (excluding diaryl/α,β-unsaturated/α-hetero) is 1. The van der Waals surface area contributed by atoms with Crippen molar-refractivity contribution in [1.29, 1.82) is 0 Å². The summed E-state index contributed by atoms with van der Waals surface area (Å²) in [7, 11) is 0. The second-order valence-electron chi connectivity index (χ2n) is 14.5. The van der Waals surface area contributed by atoms with Crippen LogP contribution in [-0.2, 0) is 19.1 Å². The molecule has 7 nitrogen and oxygen atoms in total. The molecule has 0 radical (unpaired) electrons. The number of carbonyl (C=O) groups excluding carboxylic acids is 3. The Bertz CT molecular complexity index is 1050. The van der Waals surface area contributed by atoms with Gasteiger partial charge in [-0.05, 0) is 62.2 Å². The average Bonchev–Trinajstić information content (AvgIpc) is 3.25. The molecule has 220 valence electrons. The van der Waals surface area contributed by atoms with Gasteiger partial charge >= 0.3 is 5.97 Å². The molecule has 0 aromatic carbocycles. The highest BCUT2D eigenvalue weighted by molar-refractivity contribution is 8.01. The minimum atomic E-state index is -0.668. The van der Waals surface area contributed by atoms with Gasteiger partial charge in [0.25, 0.3) is 0 Å². The van der Waals surface area contributed by atoms with Crippen LogP contribution >= 0.6 is 11.8 Å². The van der Waals surface area contributed by atoms with E-state index in [4.69, 9.17) is 10.5 Å². The van der Waals surface area contributed by atoms with Gasteiger partial charge in [0.2, 0.25) is 5.91 Å². The zero-order valence-electron chi connectivity index (χ0n) is 25.1. The van der Waals surface area contributed by atoms with Crippen molar-refractivity contribution >= 4 is 29.4 Å². The van der Waals surface area contributed by atoms with E-state index in [-0.39, 0.29) is 52.1 Å². The molecule has 0 heterocycles. The lowest BCUT2D eigenvalue weighted by atomic mass is 9.57. The first-order valence-corrected chi connectivity index (χ1v) is 15.6. The molecule has 39 heavy (non-hydrogen) atoms. The number of rotatable bonds is 9. The highest BCUT2D eigenvalue weighted by atomic mass is 32.2. The van der Waals surface area contributed by atoms with Crippen LogP contribution in [0.4, 0.5) is 0 Å². The Labute approximate surface area is 238 Å². The zero-order chi connectivity index (χ0) is 29.3. The van der Waals surface area contributed by atoms with Crippen molar-refractivity contribution in [3.63, 3.8) is 0 Å². The van der Waals surface area contributed by atoms with Crippen molar-refractivity contribution in [1.82, 2.24) is 5.32 Å². The number of hydrogen-bond donors (Lipinski definition) is 3. The van der Waals surface area contributed by atoms with Crippen LogP contribution in [0.3, 0.4) is 0 Å². The van der Waals surface area contributed by atoms with Gasteiger partial charge in [0.15, 0.2) is 0 Å². The van der Waals surface area contributed by atoms with Gasteiger partial charge in [0, 0.05) is 34.0 Å². The van der Waals surface area contributed by atoms with Gasteiger partial charge in [-0.2, -0.15) is 0 Å². The highest BCUT2D eigenvalue weighted by Crippen LogP contribution is 2.91. The maximum atomic E-state index is 13.4. The molecule has 0 aromatic rings. The zero-order valence-corrected chi connectivity index (χ0v) is 26.0. The Balaban J connectivity index is 1.52. The van der Waals surface area contributed by atoms with Gasteiger partial charge < -0.3 is 20.9 Å². The summed E-state index contributed by atoms with van der Waals surface area (Å²) in [5.74, 6) is 0.333. The summed E-state index contributed by atoms with van der Waals surface area (Å²) in [4.78, 5) is 39.1. The van der Waals surface area contributed by atoms with Gasteiger partial charge in [0.1, 0.15) is 11.9 Å². The second kappa shape index (κ2) is 9.87. The lowest BCUT2D eigenvalue weighted by Crippen LogP contribution is -2.53. The molecule has 8 heteroatoms. The number of nitrogens with one attached hydrogen (secondary N) is 1. The fourth-order valence-corrected chi connectivity index (χ4v) is 9.79. The van der Waals surface area contributed by atoms with Crippen LogP contribution in [0.2, 0.25) is 0 Å². The molecule has 1 amide bonds. The van der Waals surface area contributed by atoms with Crippen LogP contribution in [0.5, 0.6) is 0 Å². The number of hydrogen-bond acceptors (Lipinski definition) is 7. The Morgan fingerprint density at radius 1 is 1.28 bits per heavy atom. The molecular formula is C31H50N2O5S. The molecule has 4 N–H and O–H groups in total. The van der Waals surface area contributed by atoms with Crippen molar-refractivity contribution in [3.8, 4) is 0 Å². The van der Waals surface area contributed by atoms with E-state index < -0.39 is 33.8 Å². The van der Waals surface area contributed by atoms with Crippen LogP contribution in [0.1, 0.15) is 81.1 Å². The van der Waals surface area contributed by atoms with Gasteiger partial charge in [-0.1, -0.05) is 47.6 Å². The van der Waals surface area contributed by atoms with E-state index in [2.05, 4.69) is 32.7 Å². The van der Waals surface area contributed by atoms with Gasteiger partial charge in [-0.25, -0.2) is 0 Å². The van der Waals surface area contributed by atoms with Gasteiger partial charge in [0.05, 0.1) is 17.9 Å². The second-order valence-corrected chi connectivity index (χ2v) is 16.2. The Morgan fingerprint density at radius 3 is 2.51 bits per heavy atom.